The monoisotopic (exact) mass is 524 g/mol. The minimum Gasteiger partial charge on any atom is -0.383 e. The lowest BCUT2D eigenvalue weighted by Crippen LogP contribution is -2.43. The van der Waals surface area contributed by atoms with E-state index >= 15 is 0 Å². The molecule has 1 aliphatic rings. The summed E-state index contributed by atoms with van der Waals surface area (Å²) in [4.78, 5) is 28.1. The Balaban J connectivity index is 1.96. The Hall–Kier alpha value is -3.17. The van der Waals surface area contributed by atoms with Crippen LogP contribution in [0.5, 0.6) is 0 Å². The van der Waals surface area contributed by atoms with Gasteiger partial charge in [-0.2, -0.15) is 5.10 Å². The minimum atomic E-state index is -0.364. The van der Waals surface area contributed by atoms with Crippen LogP contribution in [0.4, 0.5) is 10.2 Å². The van der Waals surface area contributed by atoms with E-state index in [1.165, 1.54) is 23.9 Å². The summed E-state index contributed by atoms with van der Waals surface area (Å²) in [6.45, 7) is 8.82. The Labute approximate surface area is 221 Å². The van der Waals surface area contributed by atoms with E-state index in [0.717, 1.165) is 28.1 Å². The zero-order valence-corrected chi connectivity index (χ0v) is 22.7. The molecular formula is C28H33FN4O3S. The van der Waals surface area contributed by atoms with Crippen molar-refractivity contribution in [3.8, 4) is 5.69 Å². The van der Waals surface area contributed by atoms with Crippen molar-refractivity contribution in [2.75, 3.05) is 37.5 Å². The molecule has 0 aliphatic carbocycles. The van der Waals surface area contributed by atoms with Gasteiger partial charge in [0, 0.05) is 24.6 Å². The van der Waals surface area contributed by atoms with Crippen LogP contribution in [0.2, 0.25) is 0 Å². The van der Waals surface area contributed by atoms with E-state index in [-0.39, 0.29) is 40.6 Å². The summed E-state index contributed by atoms with van der Waals surface area (Å²) in [6, 6.07) is 14.2. The zero-order valence-electron chi connectivity index (χ0n) is 21.9. The molecule has 4 rings (SSSR count). The van der Waals surface area contributed by atoms with Crippen LogP contribution in [0.1, 0.15) is 48.4 Å². The first-order chi connectivity index (χ1) is 17.6. The Morgan fingerprint density at radius 1 is 1.19 bits per heavy atom. The number of hydrogen-bond donors (Lipinski definition) is 1. The number of benzene rings is 2. The molecule has 1 aliphatic heterocycles. The first kappa shape index (κ1) is 26.9. The molecule has 0 saturated heterocycles. The number of hydrogen-bond acceptors (Lipinski definition) is 5. The molecule has 0 fully saturated rings. The Bertz CT molecular complexity index is 1280. The molecule has 9 heteroatoms. The molecule has 0 radical (unpaired) electrons. The summed E-state index contributed by atoms with van der Waals surface area (Å²) in [7, 11) is 1.57. The highest BCUT2D eigenvalue weighted by molar-refractivity contribution is 8.00. The molecule has 1 unspecified atom stereocenters. The van der Waals surface area contributed by atoms with Crippen LogP contribution in [0, 0.1) is 12.7 Å². The van der Waals surface area contributed by atoms with E-state index in [1.807, 2.05) is 31.2 Å². The van der Waals surface area contributed by atoms with E-state index in [2.05, 4.69) is 26.1 Å². The summed E-state index contributed by atoms with van der Waals surface area (Å²) in [6.07, 6.45) is 0. The van der Waals surface area contributed by atoms with Crippen molar-refractivity contribution in [1.29, 1.82) is 0 Å². The van der Waals surface area contributed by atoms with E-state index in [1.54, 1.807) is 28.8 Å². The van der Waals surface area contributed by atoms with Crippen molar-refractivity contribution in [2.45, 2.75) is 38.4 Å². The summed E-state index contributed by atoms with van der Waals surface area (Å²) < 4.78 is 20.7. The number of amides is 2. The third-order valence-corrected chi connectivity index (χ3v) is 7.50. The van der Waals surface area contributed by atoms with Crippen LogP contribution in [0.25, 0.3) is 5.69 Å². The third-order valence-electron chi connectivity index (χ3n) is 6.25. The van der Waals surface area contributed by atoms with Gasteiger partial charge in [0.15, 0.2) is 0 Å². The minimum absolute atomic E-state index is 0.145. The topological polar surface area (TPSA) is 76.5 Å². The van der Waals surface area contributed by atoms with Gasteiger partial charge in [-0.3, -0.25) is 14.5 Å². The lowest BCUT2D eigenvalue weighted by Gasteiger charge is -2.24. The van der Waals surface area contributed by atoms with Gasteiger partial charge in [0.1, 0.15) is 18.2 Å². The second-order valence-electron chi connectivity index (χ2n) is 10.1. The van der Waals surface area contributed by atoms with Crippen LogP contribution >= 0.6 is 11.8 Å². The number of rotatable bonds is 7. The number of methoxy groups -OCH3 is 1. The van der Waals surface area contributed by atoms with Crippen LogP contribution in [-0.4, -0.2) is 54.2 Å². The Morgan fingerprint density at radius 2 is 1.89 bits per heavy atom. The summed E-state index contributed by atoms with van der Waals surface area (Å²) in [5.74, 6) is -0.0473. The number of ether oxygens (including phenoxy) is 1. The van der Waals surface area contributed by atoms with Gasteiger partial charge in [-0.1, -0.05) is 51.1 Å². The van der Waals surface area contributed by atoms with Gasteiger partial charge in [-0.25, -0.2) is 9.07 Å². The standard InChI is InChI=1S/C28H33FN4O3S/c1-18-8-6-7-9-21(18)33-27-24(26(31-33)28(2,3)4)25(19-10-12-20(29)13-11-19)37-17-23(35)32(27)16-22(34)30-14-15-36-5/h6-13,25H,14-17H2,1-5H3,(H,30,34). The van der Waals surface area contributed by atoms with E-state index in [4.69, 9.17) is 9.84 Å². The molecule has 2 heterocycles. The lowest BCUT2D eigenvalue weighted by molar-refractivity contribution is -0.123. The number of fused-ring (bicyclic) bond motifs is 1. The number of anilines is 1. The smallest absolute Gasteiger partial charge is 0.240 e. The summed E-state index contributed by atoms with van der Waals surface area (Å²) >= 11 is 1.47. The maximum atomic E-state index is 13.8. The largest absolute Gasteiger partial charge is 0.383 e. The van der Waals surface area contributed by atoms with Crippen LogP contribution in [0.3, 0.4) is 0 Å². The molecule has 2 aromatic carbocycles. The van der Waals surface area contributed by atoms with Crippen molar-refractivity contribution in [1.82, 2.24) is 15.1 Å². The number of nitrogens with zero attached hydrogens (tertiary/aromatic N) is 3. The lowest BCUT2D eigenvalue weighted by atomic mass is 9.87. The Kier molecular flexibility index (Phi) is 8.04. The first-order valence-corrected chi connectivity index (χ1v) is 13.3. The fourth-order valence-electron chi connectivity index (χ4n) is 4.43. The number of aromatic nitrogens is 2. The number of aryl methyl sites for hydroxylation is 1. The second-order valence-corrected chi connectivity index (χ2v) is 11.2. The fraction of sp³-hybridized carbons (Fsp3) is 0.393. The maximum Gasteiger partial charge on any atom is 0.240 e. The van der Waals surface area contributed by atoms with Crippen molar-refractivity contribution in [2.24, 2.45) is 0 Å². The number of para-hydroxylation sites is 1. The SMILES string of the molecule is COCCNC(=O)CN1C(=O)CSC(c2ccc(F)cc2)c2c(C(C)(C)C)nn(-c3ccccc3C)c21. The van der Waals surface area contributed by atoms with Gasteiger partial charge in [-0.05, 0) is 36.2 Å². The van der Waals surface area contributed by atoms with E-state index < -0.39 is 0 Å². The molecule has 1 aromatic heterocycles. The van der Waals surface area contributed by atoms with Gasteiger partial charge in [0.25, 0.3) is 0 Å². The highest BCUT2D eigenvalue weighted by atomic mass is 32.2. The predicted octanol–water partition coefficient (Wildman–Crippen LogP) is 4.55. The number of halogens is 1. The summed E-state index contributed by atoms with van der Waals surface area (Å²) in [5.41, 5.74) is 4.02. The van der Waals surface area contributed by atoms with Gasteiger partial charge >= 0.3 is 0 Å². The number of nitrogens with one attached hydrogen (secondary N) is 1. The van der Waals surface area contributed by atoms with Crippen molar-refractivity contribution >= 4 is 29.4 Å². The number of carbonyl (C=O) groups excluding carboxylic acids is 2. The fourth-order valence-corrected chi connectivity index (χ4v) is 5.63. The molecular weight excluding hydrogens is 491 g/mol. The molecule has 37 heavy (non-hydrogen) atoms. The van der Waals surface area contributed by atoms with E-state index in [0.29, 0.717) is 19.0 Å². The van der Waals surface area contributed by atoms with Crippen molar-refractivity contribution in [3.05, 3.63) is 76.7 Å². The molecule has 0 bridgehead atoms. The molecule has 3 aromatic rings. The highest BCUT2D eigenvalue weighted by Crippen LogP contribution is 2.48. The molecule has 0 saturated carbocycles. The first-order valence-electron chi connectivity index (χ1n) is 12.2. The average Bonchev–Trinajstić information content (AvgIpc) is 3.18. The van der Waals surface area contributed by atoms with Crippen LogP contribution < -0.4 is 10.2 Å². The Morgan fingerprint density at radius 3 is 2.54 bits per heavy atom. The molecule has 2 amide bonds. The second kappa shape index (κ2) is 11.1. The van der Waals surface area contributed by atoms with Crippen molar-refractivity contribution in [3.63, 3.8) is 0 Å². The van der Waals surface area contributed by atoms with Crippen molar-refractivity contribution < 1.29 is 18.7 Å². The quantitative estimate of drug-likeness (QED) is 0.459. The van der Waals surface area contributed by atoms with Crippen LogP contribution in [-0.2, 0) is 19.7 Å². The predicted molar refractivity (Wildman–Crippen MR) is 145 cm³/mol. The summed E-state index contributed by atoms with van der Waals surface area (Å²) in [5, 5.41) is 7.63. The molecule has 1 atom stereocenters. The molecule has 7 nitrogen and oxygen atoms in total. The highest BCUT2D eigenvalue weighted by Gasteiger charge is 2.40. The van der Waals surface area contributed by atoms with Gasteiger partial charge in [0.2, 0.25) is 11.8 Å². The van der Waals surface area contributed by atoms with Gasteiger partial charge < -0.3 is 10.1 Å². The average molecular weight is 525 g/mol. The molecule has 1 N–H and O–H groups in total. The van der Waals surface area contributed by atoms with Gasteiger partial charge in [-0.15, -0.1) is 11.8 Å². The van der Waals surface area contributed by atoms with Crippen LogP contribution in [0.15, 0.2) is 48.5 Å². The normalized spacial score (nSPS) is 15.9. The number of thioether (sulfide) groups is 1. The van der Waals surface area contributed by atoms with Gasteiger partial charge in [0.05, 0.1) is 29.0 Å². The zero-order chi connectivity index (χ0) is 26.7. The van der Waals surface area contributed by atoms with E-state index in [9.17, 15) is 14.0 Å². The third kappa shape index (κ3) is 5.72. The molecule has 196 valence electrons. The molecule has 0 spiro atoms. The number of carbonyl (C=O) groups is 2. The maximum absolute atomic E-state index is 13.8.